The van der Waals surface area contributed by atoms with E-state index in [9.17, 15) is 0 Å². The number of ether oxygens (including phenoxy) is 1. The van der Waals surface area contributed by atoms with E-state index in [0.717, 1.165) is 17.7 Å². The summed E-state index contributed by atoms with van der Waals surface area (Å²) in [5.41, 5.74) is -0.360. The lowest BCUT2D eigenvalue weighted by molar-refractivity contribution is 0.0351. The van der Waals surface area contributed by atoms with Gasteiger partial charge in [-0.2, -0.15) is 0 Å². The molecule has 0 saturated carbocycles. The highest BCUT2D eigenvalue weighted by Crippen LogP contribution is 2.39. The minimum Gasteiger partial charge on any atom is -0.481 e. The molecule has 3 rings (SSSR count). The highest BCUT2D eigenvalue weighted by Gasteiger charge is 2.36. The van der Waals surface area contributed by atoms with Crippen LogP contribution in [0.2, 0.25) is 0 Å². The molecule has 0 unspecified atom stereocenters. The third kappa shape index (κ3) is 3.12. The van der Waals surface area contributed by atoms with E-state index >= 15 is 0 Å². The third-order valence-corrected chi connectivity index (χ3v) is 5.62. The van der Waals surface area contributed by atoms with Gasteiger partial charge in [0.1, 0.15) is 11.4 Å². The van der Waals surface area contributed by atoms with Crippen molar-refractivity contribution in [1.82, 2.24) is 5.32 Å². The van der Waals surface area contributed by atoms with E-state index in [2.05, 4.69) is 79.1 Å². The number of hydrogen-bond acceptors (Lipinski definition) is 3. The zero-order chi connectivity index (χ0) is 16.3. The maximum atomic E-state index is 6.64. The van der Waals surface area contributed by atoms with Crippen LogP contribution in [-0.4, -0.2) is 13.6 Å². The number of fused-ring (bicyclic) bond motifs is 1. The fraction of sp³-hybridized carbons (Fsp3) is 0.300. The second-order valence-electron chi connectivity index (χ2n) is 6.12. The van der Waals surface area contributed by atoms with Crippen molar-refractivity contribution >= 4 is 22.1 Å². The van der Waals surface area contributed by atoms with Gasteiger partial charge in [-0.1, -0.05) is 49.4 Å². The van der Waals surface area contributed by atoms with Gasteiger partial charge in [0, 0.05) is 22.7 Å². The van der Waals surface area contributed by atoms with Crippen molar-refractivity contribution in [3.63, 3.8) is 0 Å². The Hall–Kier alpha value is -1.84. The first-order chi connectivity index (χ1) is 11.1. The average molecular weight is 325 g/mol. The smallest absolute Gasteiger partial charge is 0.144 e. The monoisotopic (exact) mass is 325 g/mol. The molecule has 0 aliphatic rings. The molecule has 0 amide bonds. The summed E-state index contributed by atoms with van der Waals surface area (Å²) in [5.74, 6) is 1.28. The van der Waals surface area contributed by atoms with Crippen LogP contribution in [0.1, 0.15) is 18.7 Å². The highest BCUT2D eigenvalue weighted by atomic mass is 32.1. The maximum absolute atomic E-state index is 6.64. The molecule has 0 bridgehead atoms. The van der Waals surface area contributed by atoms with Gasteiger partial charge in [-0.3, -0.25) is 0 Å². The molecule has 0 radical (unpaired) electrons. The average Bonchev–Trinajstić information content (AvgIpc) is 3.10. The number of thiophene rings is 1. The quantitative estimate of drug-likeness (QED) is 0.684. The predicted octanol–water partition coefficient (Wildman–Crippen LogP) is 5.05. The number of nitrogens with one attached hydrogen (secondary N) is 1. The summed E-state index contributed by atoms with van der Waals surface area (Å²) in [6.07, 6.45) is 0. The van der Waals surface area contributed by atoms with Gasteiger partial charge in [0.15, 0.2) is 0 Å². The van der Waals surface area contributed by atoms with Crippen LogP contribution in [0, 0.1) is 5.92 Å². The molecule has 1 aromatic heterocycles. The Labute approximate surface area is 142 Å². The van der Waals surface area contributed by atoms with Crippen LogP contribution in [0.4, 0.5) is 0 Å². The fourth-order valence-electron chi connectivity index (χ4n) is 2.97. The topological polar surface area (TPSA) is 21.3 Å². The lowest BCUT2D eigenvalue weighted by Crippen LogP contribution is -2.40. The van der Waals surface area contributed by atoms with Crippen LogP contribution in [-0.2, 0) is 5.60 Å². The highest BCUT2D eigenvalue weighted by molar-refractivity contribution is 7.10. The molecule has 3 heteroatoms. The number of hydrogen-bond donors (Lipinski definition) is 1. The van der Waals surface area contributed by atoms with E-state index in [1.165, 1.54) is 10.3 Å². The fourth-order valence-corrected chi connectivity index (χ4v) is 3.91. The lowest BCUT2D eigenvalue weighted by atomic mass is 9.88. The van der Waals surface area contributed by atoms with E-state index in [4.69, 9.17) is 4.74 Å². The van der Waals surface area contributed by atoms with Crippen molar-refractivity contribution in [2.45, 2.75) is 19.4 Å². The van der Waals surface area contributed by atoms with Crippen LogP contribution in [0.5, 0.6) is 5.75 Å². The molecule has 0 spiro atoms. The molecule has 3 aromatic rings. The molecule has 2 atom stereocenters. The van der Waals surface area contributed by atoms with Gasteiger partial charge in [-0.05, 0) is 36.9 Å². The van der Waals surface area contributed by atoms with Crippen molar-refractivity contribution in [3.8, 4) is 5.75 Å². The maximum Gasteiger partial charge on any atom is 0.144 e. The van der Waals surface area contributed by atoms with E-state index in [0.29, 0.717) is 5.92 Å². The van der Waals surface area contributed by atoms with Crippen molar-refractivity contribution < 1.29 is 4.74 Å². The Kier molecular flexibility index (Phi) is 4.69. The van der Waals surface area contributed by atoms with Crippen LogP contribution in [0.25, 0.3) is 10.8 Å². The van der Waals surface area contributed by atoms with Gasteiger partial charge >= 0.3 is 0 Å². The van der Waals surface area contributed by atoms with E-state index in [1.54, 1.807) is 11.3 Å². The summed E-state index contributed by atoms with van der Waals surface area (Å²) in [6, 6.07) is 18.9. The summed E-state index contributed by atoms with van der Waals surface area (Å²) < 4.78 is 6.64. The zero-order valence-corrected chi connectivity index (χ0v) is 14.7. The SMILES string of the molecule is CNC[C@H](C)[C@@](C)(Oc1cccc2ccccc12)c1cccs1. The van der Waals surface area contributed by atoms with Gasteiger partial charge in [0.2, 0.25) is 0 Å². The molecular weight excluding hydrogens is 302 g/mol. The Morgan fingerprint density at radius 3 is 2.61 bits per heavy atom. The molecule has 2 nitrogen and oxygen atoms in total. The molecule has 0 fully saturated rings. The molecule has 0 aliphatic carbocycles. The van der Waals surface area contributed by atoms with Crippen molar-refractivity contribution in [3.05, 3.63) is 64.9 Å². The summed E-state index contributed by atoms with van der Waals surface area (Å²) >= 11 is 1.76. The van der Waals surface area contributed by atoms with Gasteiger partial charge in [-0.15, -0.1) is 11.3 Å². The standard InChI is InChI=1S/C20H23NOS/c1-15(14-21-3)20(2,19-12-7-13-23-19)22-18-11-6-9-16-8-4-5-10-17(16)18/h4-13,15,21H,14H2,1-3H3/t15-,20+/m0/s1. The molecular formula is C20H23NOS. The molecule has 23 heavy (non-hydrogen) atoms. The summed E-state index contributed by atoms with van der Waals surface area (Å²) in [4.78, 5) is 1.26. The molecule has 0 aliphatic heterocycles. The Bertz CT molecular complexity index is 763. The summed E-state index contributed by atoms with van der Waals surface area (Å²) in [7, 11) is 1.99. The van der Waals surface area contributed by atoms with Crippen LogP contribution < -0.4 is 10.1 Å². The van der Waals surface area contributed by atoms with E-state index in [-0.39, 0.29) is 5.60 Å². The predicted molar refractivity (Wildman–Crippen MR) is 99.3 cm³/mol. The summed E-state index contributed by atoms with van der Waals surface area (Å²) in [5, 5.41) is 7.77. The molecule has 2 aromatic carbocycles. The van der Waals surface area contributed by atoms with Crippen molar-refractivity contribution in [2.24, 2.45) is 5.92 Å². The summed E-state index contributed by atoms with van der Waals surface area (Å²) in [6.45, 7) is 5.34. The number of rotatable bonds is 6. The Balaban J connectivity index is 2.04. The van der Waals surface area contributed by atoms with Gasteiger partial charge < -0.3 is 10.1 Å². The Morgan fingerprint density at radius 2 is 1.87 bits per heavy atom. The third-order valence-electron chi connectivity index (χ3n) is 4.53. The second kappa shape index (κ2) is 6.73. The Morgan fingerprint density at radius 1 is 1.09 bits per heavy atom. The normalized spacial score (nSPS) is 15.3. The molecule has 120 valence electrons. The first kappa shape index (κ1) is 16.0. The minimum atomic E-state index is -0.360. The lowest BCUT2D eigenvalue weighted by Gasteiger charge is -2.36. The van der Waals surface area contributed by atoms with Crippen LogP contribution in [0.15, 0.2) is 60.0 Å². The molecule has 0 saturated heterocycles. The first-order valence-electron chi connectivity index (χ1n) is 8.00. The zero-order valence-electron chi connectivity index (χ0n) is 13.9. The van der Waals surface area contributed by atoms with Crippen molar-refractivity contribution in [2.75, 3.05) is 13.6 Å². The van der Waals surface area contributed by atoms with E-state index in [1.807, 2.05) is 7.05 Å². The molecule has 1 N–H and O–H groups in total. The van der Waals surface area contributed by atoms with E-state index < -0.39 is 0 Å². The van der Waals surface area contributed by atoms with Crippen LogP contribution >= 0.6 is 11.3 Å². The first-order valence-corrected chi connectivity index (χ1v) is 8.88. The molecule has 1 heterocycles. The van der Waals surface area contributed by atoms with Gasteiger partial charge in [0.25, 0.3) is 0 Å². The second-order valence-corrected chi connectivity index (χ2v) is 7.07. The minimum absolute atomic E-state index is 0.338. The van der Waals surface area contributed by atoms with Gasteiger partial charge in [-0.25, -0.2) is 0 Å². The van der Waals surface area contributed by atoms with Gasteiger partial charge in [0.05, 0.1) is 0 Å². The van der Waals surface area contributed by atoms with Crippen LogP contribution in [0.3, 0.4) is 0 Å². The number of benzene rings is 2. The van der Waals surface area contributed by atoms with Crippen molar-refractivity contribution in [1.29, 1.82) is 0 Å². The largest absolute Gasteiger partial charge is 0.481 e.